The molecule has 3 rings (SSSR count). The van der Waals surface area contributed by atoms with Crippen molar-refractivity contribution in [2.75, 3.05) is 44.3 Å². The molecule has 2 atom stereocenters. The fraction of sp³-hybridized carbons (Fsp3) is 0.600. The second-order valence-electron chi connectivity index (χ2n) is 5.54. The second kappa shape index (κ2) is 6.58. The van der Waals surface area contributed by atoms with Gasteiger partial charge in [0.1, 0.15) is 5.82 Å². The van der Waals surface area contributed by atoms with Crippen LogP contribution in [0.4, 0.5) is 10.1 Å². The number of pyridine rings is 1. The molecule has 0 saturated carbocycles. The number of ether oxygens (including phenoxy) is 2. The molecule has 1 amide bonds. The molecule has 0 aromatic carbocycles. The summed E-state index contributed by atoms with van der Waals surface area (Å²) in [5.74, 6) is -0.373. The maximum absolute atomic E-state index is 13.2. The predicted molar refractivity (Wildman–Crippen MR) is 78.1 cm³/mol. The summed E-state index contributed by atoms with van der Waals surface area (Å²) in [6.07, 6.45) is 2.09. The first kappa shape index (κ1) is 15.2. The molecule has 1 aromatic rings. The zero-order valence-electron chi connectivity index (χ0n) is 12.6. The number of rotatable bonds is 2. The van der Waals surface area contributed by atoms with E-state index < -0.39 is 6.10 Å². The molecule has 6 nitrogen and oxygen atoms in total. The van der Waals surface area contributed by atoms with Crippen LogP contribution in [0, 0.1) is 5.82 Å². The Labute approximate surface area is 128 Å². The molecule has 2 saturated heterocycles. The van der Waals surface area contributed by atoms with Crippen molar-refractivity contribution in [2.45, 2.75) is 19.1 Å². The summed E-state index contributed by atoms with van der Waals surface area (Å²) in [7, 11) is 0. The number of piperazine rings is 1. The molecule has 120 valence electrons. The number of amides is 1. The molecule has 7 heteroatoms. The Morgan fingerprint density at radius 3 is 2.64 bits per heavy atom. The number of aromatic nitrogens is 1. The number of hydrogen-bond donors (Lipinski definition) is 0. The van der Waals surface area contributed by atoms with E-state index in [1.165, 1.54) is 12.3 Å². The monoisotopic (exact) mass is 309 g/mol. The van der Waals surface area contributed by atoms with Crippen molar-refractivity contribution in [3.05, 3.63) is 24.3 Å². The molecule has 0 bridgehead atoms. The van der Waals surface area contributed by atoms with Crippen LogP contribution < -0.4 is 4.90 Å². The lowest BCUT2D eigenvalue weighted by Gasteiger charge is -2.39. The van der Waals surface area contributed by atoms with E-state index in [9.17, 15) is 9.18 Å². The largest absolute Gasteiger partial charge is 0.373 e. The zero-order chi connectivity index (χ0) is 15.5. The van der Waals surface area contributed by atoms with Gasteiger partial charge in [0.15, 0.2) is 6.10 Å². The number of carbonyl (C=O) groups excluding carboxylic acids is 1. The molecule has 0 N–H and O–H groups in total. The topological polar surface area (TPSA) is 54.9 Å². The van der Waals surface area contributed by atoms with Crippen LogP contribution in [-0.2, 0) is 14.3 Å². The summed E-state index contributed by atoms with van der Waals surface area (Å²) < 4.78 is 24.2. The van der Waals surface area contributed by atoms with Crippen molar-refractivity contribution in [1.29, 1.82) is 0 Å². The first-order valence-electron chi connectivity index (χ1n) is 7.52. The molecule has 1 aromatic heterocycles. The van der Waals surface area contributed by atoms with E-state index in [1.807, 2.05) is 11.8 Å². The van der Waals surface area contributed by atoms with Crippen molar-refractivity contribution in [2.24, 2.45) is 0 Å². The first-order valence-corrected chi connectivity index (χ1v) is 7.52. The van der Waals surface area contributed by atoms with Crippen molar-refractivity contribution in [3.63, 3.8) is 0 Å². The molecule has 0 radical (unpaired) electrons. The highest BCUT2D eigenvalue weighted by Crippen LogP contribution is 2.18. The lowest BCUT2D eigenvalue weighted by atomic mass is 10.1. The minimum Gasteiger partial charge on any atom is -0.373 e. The van der Waals surface area contributed by atoms with E-state index >= 15 is 0 Å². The third-order valence-electron chi connectivity index (χ3n) is 4.08. The van der Waals surface area contributed by atoms with Crippen molar-refractivity contribution < 1.29 is 18.7 Å². The molecule has 22 heavy (non-hydrogen) atoms. The molecular weight excluding hydrogens is 289 g/mol. The third-order valence-corrected chi connectivity index (χ3v) is 4.08. The fourth-order valence-electron chi connectivity index (χ4n) is 2.84. The number of carbonyl (C=O) groups is 1. The van der Waals surface area contributed by atoms with E-state index in [4.69, 9.17) is 9.47 Å². The average molecular weight is 309 g/mol. The fourth-order valence-corrected chi connectivity index (χ4v) is 2.84. The average Bonchev–Trinajstić information content (AvgIpc) is 2.55. The van der Waals surface area contributed by atoms with Crippen LogP contribution in [-0.4, -0.2) is 67.4 Å². The zero-order valence-corrected chi connectivity index (χ0v) is 12.6. The number of nitrogens with zero attached hydrogens (tertiary/aromatic N) is 3. The predicted octanol–water partition coefficient (Wildman–Crippen LogP) is 0.673. The Kier molecular flexibility index (Phi) is 4.54. The maximum Gasteiger partial charge on any atom is 0.254 e. The van der Waals surface area contributed by atoms with E-state index in [0.29, 0.717) is 39.4 Å². The summed E-state index contributed by atoms with van der Waals surface area (Å²) in [4.78, 5) is 20.2. The van der Waals surface area contributed by atoms with Gasteiger partial charge in [0.25, 0.3) is 5.91 Å². The SMILES string of the molecule is C[C@@H]1OCCO[C@@H]1C(=O)N1CCN(c2cncc(F)c2)CC1. The van der Waals surface area contributed by atoms with E-state index in [-0.39, 0.29) is 17.8 Å². The van der Waals surface area contributed by atoms with Gasteiger partial charge < -0.3 is 19.3 Å². The first-order chi connectivity index (χ1) is 10.6. The van der Waals surface area contributed by atoms with Gasteiger partial charge in [0.2, 0.25) is 0 Å². The third kappa shape index (κ3) is 3.20. The Hall–Kier alpha value is -1.73. The van der Waals surface area contributed by atoms with Crippen LogP contribution >= 0.6 is 0 Å². The van der Waals surface area contributed by atoms with Crippen molar-refractivity contribution in [1.82, 2.24) is 9.88 Å². The van der Waals surface area contributed by atoms with Gasteiger partial charge in [0.05, 0.1) is 37.4 Å². The quantitative estimate of drug-likeness (QED) is 0.804. The van der Waals surface area contributed by atoms with Crippen molar-refractivity contribution in [3.8, 4) is 0 Å². The normalized spacial score (nSPS) is 26.1. The lowest BCUT2D eigenvalue weighted by molar-refractivity contribution is -0.171. The van der Waals surface area contributed by atoms with E-state index in [2.05, 4.69) is 4.98 Å². The van der Waals surface area contributed by atoms with Gasteiger partial charge in [-0.25, -0.2) is 4.39 Å². The molecule has 0 spiro atoms. The van der Waals surface area contributed by atoms with Gasteiger partial charge in [-0.15, -0.1) is 0 Å². The summed E-state index contributed by atoms with van der Waals surface area (Å²) >= 11 is 0. The Bertz CT molecular complexity index is 535. The smallest absolute Gasteiger partial charge is 0.254 e. The van der Waals surface area contributed by atoms with Crippen LogP contribution in [0.25, 0.3) is 0 Å². The van der Waals surface area contributed by atoms with Crippen LogP contribution in [0.5, 0.6) is 0 Å². The van der Waals surface area contributed by atoms with Crippen LogP contribution in [0.1, 0.15) is 6.92 Å². The standard InChI is InChI=1S/C15H20FN3O3/c1-11-14(22-7-6-21-11)15(20)19-4-2-18(3-5-19)13-8-12(16)9-17-10-13/h8-11,14H,2-7H2,1H3/t11-,14-/m0/s1. The molecule has 0 unspecified atom stereocenters. The van der Waals surface area contributed by atoms with E-state index in [0.717, 1.165) is 5.69 Å². The number of halogens is 1. The van der Waals surface area contributed by atoms with Gasteiger partial charge in [-0.3, -0.25) is 9.78 Å². The van der Waals surface area contributed by atoms with Gasteiger partial charge in [0, 0.05) is 32.2 Å². The molecular formula is C15H20FN3O3. The van der Waals surface area contributed by atoms with E-state index in [1.54, 1.807) is 11.1 Å². The Morgan fingerprint density at radius 1 is 1.23 bits per heavy atom. The maximum atomic E-state index is 13.2. The second-order valence-corrected chi connectivity index (χ2v) is 5.54. The minimum atomic E-state index is -0.517. The molecule has 2 aliphatic rings. The molecule has 2 fully saturated rings. The van der Waals surface area contributed by atoms with Gasteiger partial charge in [-0.05, 0) is 6.92 Å². The molecule has 3 heterocycles. The summed E-state index contributed by atoms with van der Waals surface area (Å²) in [5, 5.41) is 0. The van der Waals surface area contributed by atoms with Crippen molar-refractivity contribution >= 4 is 11.6 Å². The number of hydrogen-bond acceptors (Lipinski definition) is 5. The Balaban J connectivity index is 1.58. The Morgan fingerprint density at radius 2 is 1.95 bits per heavy atom. The highest BCUT2D eigenvalue weighted by molar-refractivity contribution is 5.82. The summed E-state index contributed by atoms with van der Waals surface area (Å²) in [6.45, 7) is 5.32. The summed E-state index contributed by atoms with van der Waals surface area (Å²) in [5.41, 5.74) is 0.748. The minimum absolute atomic E-state index is 0.0239. The molecule has 0 aliphatic carbocycles. The highest BCUT2D eigenvalue weighted by Gasteiger charge is 2.34. The van der Waals surface area contributed by atoms with Gasteiger partial charge in [-0.1, -0.05) is 0 Å². The van der Waals surface area contributed by atoms with Gasteiger partial charge in [-0.2, -0.15) is 0 Å². The molecule has 2 aliphatic heterocycles. The van der Waals surface area contributed by atoms with Crippen LogP contribution in [0.3, 0.4) is 0 Å². The summed E-state index contributed by atoms with van der Waals surface area (Å²) in [6, 6.07) is 1.46. The van der Waals surface area contributed by atoms with Gasteiger partial charge >= 0.3 is 0 Å². The van der Waals surface area contributed by atoms with Crippen LogP contribution in [0.15, 0.2) is 18.5 Å². The number of anilines is 1. The lowest BCUT2D eigenvalue weighted by Crippen LogP contribution is -2.55. The highest BCUT2D eigenvalue weighted by atomic mass is 19.1. The van der Waals surface area contributed by atoms with Crippen LogP contribution in [0.2, 0.25) is 0 Å².